The zero-order valence-electron chi connectivity index (χ0n) is 27.0. The van der Waals surface area contributed by atoms with Crippen molar-refractivity contribution in [3.8, 4) is 11.5 Å². The van der Waals surface area contributed by atoms with Crippen molar-refractivity contribution >= 4 is 26.5 Å². The van der Waals surface area contributed by atoms with Crippen molar-refractivity contribution in [2.24, 2.45) is 0 Å². The Morgan fingerprint density at radius 3 is 1.27 bits per heavy atom. The van der Waals surface area contributed by atoms with Gasteiger partial charge in [0.2, 0.25) is 0 Å². The zero-order valence-corrected chi connectivity index (χ0v) is 28.7. The summed E-state index contributed by atoms with van der Waals surface area (Å²) in [5.74, 6) is 0.798. The molecule has 3 aromatic rings. The van der Waals surface area contributed by atoms with E-state index in [1.807, 2.05) is 13.8 Å². The first-order chi connectivity index (χ1) is 23.1. The normalized spacial score (nSPS) is 11.8. The standard InChI is InChI=1S/C33H42O13S2/c1-27-3-8-30(9-4-27)47(35,36)45-23-19-41-15-13-39-17-21-43-32-12-7-29(26-34)25-33(32)44-22-18-40-14-16-42-20-24-46-48(37,38)31-10-5-28(2)6-11-31/h3-12,25-26H,13-24H2,1-2H3. The van der Waals surface area contributed by atoms with Gasteiger partial charge in [0.1, 0.15) is 19.5 Å². The summed E-state index contributed by atoms with van der Waals surface area (Å²) in [5, 5.41) is 0. The summed E-state index contributed by atoms with van der Waals surface area (Å²) in [4.78, 5) is 11.4. The van der Waals surface area contributed by atoms with Gasteiger partial charge in [0.15, 0.2) is 11.5 Å². The Kier molecular flexibility index (Phi) is 16.9. The molecule has 264 valence electrons. The van der Waals surface area contributed by atoms with Crippen molar-refractivity contribution in [2.45, 2.75) is 23.6 Å². The predicted molar refractivity (Wildman–Crippen MR) is 175 cm³/mol. The molecule has 0 atom stereocenters. The second kappa shape index (κ2) is 20.8. The van der Waals surface area contributed by atoms with E-state index in [4.69, 9.17) is 36.8 Å². The van der Waals surface area contributed by atoms with Crippen LogP contribution in [-0.4, -0.2) is 102 Å². The summed E-state index contributed by atoms with van der Waals surface area (Å²) in [5.41, 5.74) is 2.32. The molecule has 13 nitrogen and oxygen atoms in total. The number of carbonyl (C=O) groups excluding carboxylic acids is 1. The van der Waals surface area contributed by atoms with Gasteiger partial charge in [-0.3, -0.25) is 13.2 Å². The molecular weight excluding hydrogens is 668 g/mol. The molecule has 3 rings (SSSR count). The maximum Gasteiger partial charge on any atom is 0.297 e. The summed E-state index contributed by atoms with van der Waals surface area (Å²) < 4.78 is 91.8. The van der Waals surface area contributed by atoms with Crippen LogP contribution in [0.3, 0.4) is 0 Å². The van der Waals surface area contributed by atoms with Gasteiger partial charge in [0, 0.05) is 5.56 Å². The molecule has 3 aromatic carbocycles. The van der Waals surface area contributed by atoms with E-state index in [1.54, 1.807) is 42.5 Å². The molecule has 15 heteroatoms. The van der Waals surface area contributed by atoms with Crippen LogP contribution in [0.2, 0.25) is 0 Å². The molecule has 0 radical (unpaired) electrons. The van der Waals surface area contributed by atoms with Crippen LogP contribution in [0, 0.1) is 13.8 Å². The third kappa shape index (κ3) is 14.4. The first-order valence-corrected chi connectivity index (χ1v) is 18.0. The van der Waals surface area contributed by atoms with E-state index in [0.717, 1.165) is 11.1 Å². The van der Waals surface area contributed by atoms with Crippen LogP contribution in [0.4, 0.5) is 0 Å². The molecule has 0 unspecified atom stereocenters. The Balaban J connectivity index is 1.22. The van der Waals surface area contributed by atoms with Gasteiger partial charge in [-0.05, 0) is 56.3 Å². The van der Waals surface area contributed by atoms with Gasteiger partial charge in [0.25, 0.3) is 20.2 Å². The van der Waals surface area contributed by atoms with Crippen molar-refractivity contribution < 1.29 is 58.4 Å². The van der Waals surface area contributed by atoms with Crippen LogP contribution in [0.15, 0.2) is 76.5 Å². The number of ether oxygens (including phenoxy) is 6. The SMILES string of the molecule is Cc1ccc(S(=O)(=O)OCCOCCOCCOc2ccc(C=O)cc2OCCOCCOCCOS(=O)(=O)c2ccc(C)cc2)cc1. The summed E-state index contributed by atoms with van der Waals surface area (Å²) in [6, 6.07) is 17.6. The maximum atomic E-state index is 12.2. The highest BCUT2D eigenvalue weighted by atomic mass is 32.2. The summed E-state index contributed by atoms with van der Waals surface area (Å²) in [6.45, 7) is 5.54. The van der Waals surface area contributed by atoms with Crippen molar-refractivity contribution in [3.05, 3.63) is 83.4 Å². The van der Waals surface area contributed by atoms with E-state index in [-0.39, 0.29) is 89.1 Å². The van der Waals surface area contributed by atoms with Gasteiger partial charge in [-0.25, -0.2) is 0 Å². The molecule has 0 spiro atoms. The molecule has 0 aliphatic carbocycles. The van der Waals surface area contributed by atoms with Gasteiger partial charge in [-0.2, -0.15) is 16.8 Å². The molecule has 0 bridgehead atoms. The first-order valence-electron chi connectivity index (χ1n) is 15.2. The van der Waals surface area contributed by atoms with E-state index >= 15 is 0 Å². The Bertz CT molecular complexity index is 1590. The lowest BCUT2D eigenvalue weighted by molar-refractivity contribution is 0.0253. The van der Waals surface area contributed by atoms with Gasteiger partial charge in [0.05, 0.1) is 75.9 Å². The lowest BCUT2D eigenvalue weighted by Gasteiger charge is -2.14. The van der Waals surface area contributed by atoms with E-state index in [1.165, 1.54) is 24.3 Å². The number of benzene rings is 3. The van der Waals surface area contributed by atoms with E-state index < -0.39 is 20.2 Å². The Hall–Kier alpha value is -3.41. The lowest BCUT2D eigenvalue weighted by atomic mass is 10.2. The van der Waals surface area contributed by atoms with Crippen molar-refractivity contribution in [3.63, 3.8) is 0 Å². The van der Waals surface area contributed by atoms with Crippen molar-refractivity contribution in [1.82, 2.24) is 0 Å². The molecule has 0 aromatic heterocycles. The molecule has 0 saturated carbocycles. The van der Waals surface area contributed by atoms with Crippen molar-refractivity contribution in [1.29, 1.82) is 0 Å². The number of carbonyl (C=O) groups is 1. The maximum absolute atomic E-state index is 12.2. The molecular formula is C33H42O13S2. The molecule has 0 aliphatic rings. The zero-order chi connectivity index (χ0) is 34.7. The highest BCUT2D eigenvalue weighted by Crippen LogP contribution is 2.28. The smallest absolute Gasteiger partial charge is 0.297 e. The monoisotopic (exact) mass is 710 g/mol. The quantitative estimate of drug-likeness (QED) is 0.0712. The Morgan fingerprint density at radius 1 is 0.479 bits per heavy atom. The molecule has 0 amide bonds. The number of hydrogen-bond donors (Lipinski definition) is 0. The topological polar surface area (TPSA) is 159 Å². The fraction of sp³-hybridized carbons (Fsp3) is 0.424. The number of rotatable bonds is 25. The Morgan fingerprint density at radius 2 is 0.854 bits per heavy atom. The minimum Gasteiger partial charge on any atom is -0.487 e. The van der Waals surface area contributed by atoms with Gasteiger partial charge < -0.3 is 28.4 Å². The van der Waals surface area contributed by atoms with E-state index in [9.17, 15) is 21.6 Å². The second-order valence-corrected chi connectivity index (χ2v) is 13.4. The van der Waals surface area contributed by atoms with Crippen molar-refractivity contribution in [2.75, 3.05) is 79.3 Å². The highest BCUT2D eigenvalue weighted by Gasteiger charge is 2.15. The van der Waals surface area contributed by atoms with Crippen LogP contribution in [0.1, 0.15) is 21.5 Å². The largest absolute Gasteiger partial charge is 0.487 e. The highest BCUT2D eigenvalue weighted by molar-refractivity contribution is 7.87. The van der Waals surface area contributed by atoms with Crippen LogP contribution >= 0.6 is 0 Å². The molecule has 0 saturated heterocycles. The first kappa shape index (κ1) is 39.0. The minimum absolute atomic E-state index is 0.0806. The third-order valence-corrected chi connectivity index (χ3v) is 9.02. The average molecular weight is 711 g/mol. The van der Waals surface area contributed by atoms with Gasteiger partial charge >= 0.3 is 0 Å². The molecule has 0 fully saturated rings. The predicted octanol–water partition coefficient (Wildman–Crippen LogP) is 3.75. The number of aldehydes is 1. The average Bonchev–Trinajstić information content (AvgIpc) is 3.07. The number of hydrogen-bond acceptors (Lipinski definition) is 13. The third-order valence-electron chi connectivity index (χ3n) is 6.37. The van der Waals surface area contributed by atoms with E-state index in [2.05, 4.69) is 0 Å². The fourth-order valence-corrected chi connectivity index (χ4v) is 5.63. The molecule has 0 heterocycles. The van der Waals surface area contributed by atoms with Crippen LogP contribution in [-0.2, 0) is 47.5 Å². The molecule has 48 heavy (non-hydrogen) atoms. The summed E-state index contributed by atoms with van der Waals surface area (Å²) in [6.07, 6.45) is 0.701. The van der Waals surface area contributed by atoms with Crippen LogP contribution in [0.5, 0.6) is 11.5 Å². The molecule has 0 aliphatic heterocycles. The van der Waals surface area contributed by atoms with Gasteiger partial charge in [-0.15, -0.1) is 0 Å². The second-order valence-electron chi connectivity index (χ2n) is 10.1. The fourth-order valence-electron chi connectivity index (χ4n) is 3.85. The summed E-state index contributed by atoms with van der Waals surface area (Å²) in [7, 11) is -7.67. The Labute approximate surface area is 282 Å². The minimum atomic E-state index is -3.83. The van der Waals surface area contributed by atoms with Gasteiger partial charge in [-0.1, -0.05) is 35.4 Å². The summed E-state index contributed by atoms with van der Waals surface area (Å²) >= 11 is 0. The molecule has 0 N–H and O–H groups in total. The van der Waals surface area contributed by atoms with E-state index in [0.29, 0.717) is 23.3 Å². The van der Waals surface area contributed by atoms with Crippen LogP contribution in [0.25, 0.3) is 0 Å². The van der Waals surface area contributed by atoms with Crippen LogP contribution < -0.4 is 9.47 Å². The number of aryl methyl sites for hydroxylation is 2. The lowest BCUT2D eigenvalue weighted by Crippen LogP contribution is -2.15.